The number of pyridine rings is 1. The van der Waals surface area contributed by atoms with E-state index in [2.05, 4.69) is 70.7 Å². The number of para-hydroxylation sites is 1. The molecule has 5 rings (SSSR count). The highest BCUT2D eigenvalue weighted by molar-refractivity contribution is 5.89. The minimum absolute atomic E-state index is 0.367. The van der Waals surface area contributed by atoms with Crippen LogP contribution in [0.1, 0.15) is 36.0 Å². The summed E-state index contributed by atoms with van der Waals surface area (Å²) in [5.41, 5.74) is 6.29. The van der Waals surface area contributed by atoms with Crippen molar-refractivity contribution in [1.29, 1.82) is 0 Å². The number of imidazole rings is 1. The van der Waals surface area contributed by atoms with Crippen molar-refractivity contribution in [2.75, 3.05) is 45.2 Å². The molecule has 1 saturated heterocycles. The molecule has 3 heterocycles. The molecular weight excluding hydrogens is 372 g/mol. The van der Waals surface area contributed by atoms with Gasteiger partial charge in [-0.3, -0.25) is 9.88 Å². The van der Waals surface area contributed by atoms with Crippen LogP contribution >= 0.6 is 0 Å². The fraction of sp³-hybridized carbons (Fsp3) is 0.500. The van der Waals surface area contributed by atoms with Gasteiger partial charge in [-0.1, -0.05) is 12.1 Å². The quantitative estimate of drug-likeness (QED) is 0.668. The Hall–Kier alpha value is -2.44. The maximum Gasteiger partial charge on any atom is 0.123 e. The van der Waals surface area contributed by atoms with E-state index in [1.165, 1.54) is 28.9 Å². The molecule has 1 aliphatic heterocycles. The maximum atomic E-state index is 5.14. The molecule has 30 heavy (non-hydrogen) atoms. The molecular formula is C24H32N6. The van der Waals surface area contributed by atoms with Crippen LogP contribution in [0.5, 0.6) is 0 Å². The van der Waals surface area contributed by atoms with Gasteiger partial charge in [0.2, 0.25) is 0 Å². The predicted molar refractivity (Wildman–Crippen MR) is 122 cm³/mol. The zero-order valence-corrected chi connectivity index (χ0v) is 18.4. The molecule has 0 bridgehead atoms. The van der Waals surface area contributed by atoms with E-state index in [1.54, 1.807) is 0 Å². The summed E-state index contributed by atoms with van der Waals surface area (Å²) >= 11 is 0. The summed E-state index contributed by atoms with van der Waals surface area (Å²) in [6, 6.07) is 11.3. The Morgan fingerprint density at radius 3 is 2.73 bits per heavy atom. The lowest BCUT2D eigenvalue weighted by Crippen LogP contribution is -2.44. The highest BCUT2D eigenvalue weighted by atomic mass is 15.3. The Bertz CT molecular complexity index is 1030. The van der Waals surface area contributed by atoms with Crippen LogP contribution in [0.2, 0.25) is 0 Å². The van der Waals surface area contributed by atoms with Crippen LogP contribution in [0.25, 0.3) is 11.0 Å². The molecule has 6 nitrogen and oxygen atoms in total. The lowest BCUT2D eigenvalue weighted by atomic mass is 9.91. The Balaban J connectivity index is 1.43. The first kappa shape index (κ1) is 19.5. The number of aryl methyl sites for hydroxylation is 2. The molecule has 1 atom stereocenters. The van der Waals surface area contributed by atoms with Crippen molar-refractivity contribution in [3.8, 4) is 0 Å². The smallest absolute Gasteiger partial charge is 0.123 e. The highest BCUT2D eigenvalue weighted by Crippen LogP contribution is 2.33. The van der Waals surface area contributed by atoms with Crippen molar-refractivity contribution in [2.24, 2.45) is 7.05 Å². The van der Waals surface area contributed by atoms with Crippen molar-refractivity contribution in [3.05, 3.63) is 53.6 Å². The first-order chi connectivity index (χ1) is 14.6. The van der Waals surface area contributed by atoms with Gasteiger partial charge in [0, 0.05) is 39.4 Å². The molecule has 158 valence electrons. The van der Waals surface area contributed by atoms with Crippen molar-refractivity contribution in [3.63, 3.8) is 0 Å². The topological polar surface area (TPSA) is 40.4 Å². The Labute approximate surface area is 179 Å². The highest BCUT2D eigenvalue weighted by Gasteiger charge is 2.26. The number of hydrogen-bond acceptors (Lipinski definition) is 5. The molecule has 0 amide bonds. The minimum atomic E-state index is 0.367. The summed E-state index contributed by atoms with van der Waals surface area (Å²) in [5.74, 6) is 1.12. The zero-order chi connectivity index (χ0) is 20.7. The molecule has 0 N–H and O–H groups in total. The summed E-state index contributed by atoms with van der Waals surface area (Å²) in [4.78, 5) is 17.2. The van der Waals surface area contributed by atoms with Crippen molar-refractivity contribution >= 4 is 16.7 Å². The average molecular weight is 405 g/mol. The first-order valence-electron chi connectivity index (χ1n) is 11.1. The predicted octanol–water partition coefficient (Wildman–Crippen LogP) is 3.23. The van der Waals surface area contributed by atoms with Gasteiger partial charge in [0.1, 0.15) is 11.3 Å². The largest absolute Gasteiger partial charge is 0.367 e. The third kappa shape index (κ3) is 3.48. The molecule has 2 aromatic heterocycles. The second-order valence-corrected chi connectivity index (χ2v) is 8.89. The van der Waals surface area contributed by atoms with E-state index in [-0.39, 0.29) is 0 Å². The summed E-state index contributed by atoms with van der Waals surface area (Å²) in [6.07, 6.45) is 5.47. The molecule has 0 saturated carbocycles. The van der Waals surface area contributed by atoms with Gasteiger partial charge in [-0.05, 0) is 57.1 Å². The Kier molecular flexibility index (Phi) is 5.21. The fourth-order valence-electron chi connectivity index (χ4n) is 5.04. The number of rotatable bonds is 4. The summed E-state index contributed by atoms with van der Waals surface area (Å²) < 4.78 is 2.27. The number of aromatic nitrogens is 3. The maximum absolute atomic E-state index is 5.14. The summed E-state index contributed by atoms with van der Waals surface area (Å²) in [6.45, 7) is 5.16. The molecule has 6 heteroatoms. The van der Waals surface area contributed by atoms with Crippen molar-refractivity contribution < 1.29 is 0 Å². The van der Waals surface area contributed by atoms with E-state index < -0.39 is 0 Å². The van der Waals surface area contributed by atoms with Crippen LogP contribution in [-0.4, -0.2) is 64.6 Å². The van der Waals surface area contributed by atoms with E-state index in [9.17, 15) is 0 Å². The van der Waals surface area contributed by atoms with Crippen LogP contribution in [0, 0.1) is 0 Å². The SMILES string of the molecule is CN1CCN(c2cccc3c2nc(CN(C)C2CCCc4cccnc42)n3C)CC1. The third-order valence-electron chi connectivity index (χ3n) is 6.92. The van der Waals surface area contributed by atoms with E-state index in [4.69, 9.17) is 9.97 Å². The van der Waals surface area contributed by atoms with Gasteiger partial charge < -0.3 is 14.4 Å². The van der Waals surface area contributed by atoms with Crippen LogP contribution in [0.3, 0.4) is 0 Å². The number of fused-ring (bicyclic) bond motifs is 2. The van der Waals surface area contributed by atoms with Gasteiger partial charge in [0.15, 0.2) is 0 Å². The average Bonchev–Trinajstić information content (AvgIpc) is 3.09. The van der Waals surface area contributed by atoms with Crippen molar-refractivity contribution in [2.45, 2.75) is 31.8 Å². The molecule has 0 spiro atoms. The number of hydrogen-bond donors (Lipinski definition) is 0. The van der Waals surface area contributed by atoms with E-state index in [0.717, 1.165) is 56.9 Å². The summed E-state index contributed by atoms with van der Waals surface area (Å²) in [5, 5.41) is 0. The van der Waals surface area contributed by atoms with Gasteiger partial charge in [0.25, 0.3) is 0 Å². The zero-order valence-electron chi connectivity index (χ0n) is 18.4. The minimum Gasteiger partial charge on any atom is -0.367 e. The van der Waals surface area contributed by atoms with Crippen molar-refractivity contribution in [1.82, 2.24) is 24.3 Å². The van der Waals surface area contributed by atoms with Crippen LogP contribution < -0.4 is 4.90 Å². The summed E-state index contributed by atoms with van der Waals surface area (Å²) in [7, 11) is 6.57. The number of anilines is 1. The molecule has 3 aromatic rings. The molecule has 1 aliphatic carbocycles. The fourth-order valence-corrected chi connectivity index (χ4v) is 5.04. The van der Waals surface area contributed by atoms with E-state index in [0.29, 0.717) is 6.04 Å². The molecule has 1 unspecified atom stereocenters. The number of likely N-dealkylation sites (N-methyl/N-ethyl adjacent to an activating group) is 1. The number of piperazine rings is 1. The first-order valence-corrected chi connectivity index (χ1v) is 11.1. The number of nitrogens with zero attached hydrogens (tertiary/aromatic N) is 6. The molecule has 0 radical (unpaired) electrons. The van der Waals surface area contributed by atoms with Crippen LogP contribution in [-0.2, 0) is 20.0 Å². The molecule has 1 fully saturated rings. The second kappa shape index (κ2) is 8.00. The Morgan fingerprint density at radius 2 is 1.90 bits per heavy atom. The van der Waals surface area contributed by atoms with Gasteiger partial charge in [-0.25, -0.2) is 4.98 Å². The lowest BCUT2D eigenvalue weighted by molar-refractivity contribution is 0.202. The number of benzene rings is 1. The molecule has 2 aliphatic rings. The van der Waals surface area contributed by atoms with E-state index >= 15 is 0 Å². The van der Waals surface area contributed by atoms with Crippen LogP contribution in [0.4, 0.5) is 5.69 Å². The normalized spacial score (nSPS) is 20.1. The van der Waals surface area contributed by atoms with Gasteiger partial charge in [0.05, 0.1) is 29.5 Å². The lowest BCUT2D eigenvalue weighted by Gasteiger charge is -2.34. The van der Waals surface area contributed by atoms with Gasteiger partial charge in [-0.2, -0.15) is 0 Å². The third-order valence-corrected chi connectivity index (χ3v) is 6.92. The van der Waals surface area contributed by atoms with Gasteiger partial charge >= 0.3 is 0 Å². The monoisotopic (exact) mass is 404 g/mol. The van der Waals surface area contributed by atoms with E-state index in [1.807, 2.05) is 6.20 Å². The Morgan fingerprint density at radius 1 is 1.07 bits per heavy atom. The second-order valence-electron chi connectivity index (χ2n) is 8.89. The van der Waals surface area contributed by atoms with Crippen LogP contribution in [0.15, 0.2) is 36.5 Å². The standard InChI is InChI=1S/C24H32N6/c1-27-13-15-30(16-14-27)21-11-5-10-20-24(21)26-22(29(20)3)17-28(2)19-9-4-7-18-8-6-12-25-23(18)19/h5-6,8,10-12,19H,4,7,9,13-17H2,1-3H3. The molecule has 1 aromatic carbocycles. The van der Waals surface area contributed by atoms with Gasteiger partial charge in [-0.15, -0.1) is 0 Å².